The van der Waals surface area contributed by atoms with Crippen LogP contribution < -0.4 is 9.64 Å². The average molecular weight is 306 g/mol. The second-order valence-electron chi connectivity index (χ2n) is 6.03. The van der Waals surface area contributed by atoms with Crippen LogP contribution in [0.4, 0.5) is 5.95 Å². The van der Waals surface area contributed by atoms with Crippen LogP contribution in [0.2, 0.25) is 0 Å². The van der Waals surface area contributed by atoms with Crippen molar-refractivity contribution in [2.24, 2.45) is 0 Å². The topological polar surface area (TPSA) is 50.7 Å². The number of ether oxygens (including phenoxy) is 2. The monoisotopic (exact) mass is 306 g/mol. The van der Waals surface area contributed by atoms with Gasteiger partial charge in [0.1, 0.15) is 0 Å². The van der Waals surface area contributed by atoms with Crippen LogP contribution in [0.1, 0.15) is 25.7 Å². The molecule has 2 aliphatic rings. The lowest BCUT2D eigenvalue weighted by molar-refractivity contribution is 0.0466. The van der Waals surface area contributed by atoms with Crippen LogP contribution in [0.25, 0.3) is 0 Å². The highest BCUT2D eigenvalue weighted by molar-refractivity contribution is 5.33. The van der Waals surface area contributed by atoms with Crippen LogP contribution in [0, 0.1) is 0 Å². The lowest BCUT2D eigenvalue weighted by Crippen LogP contribution is -2.34. The Morgan fingerprint density at radius 1 is 1.23 bits per heavy atom. The molecular weight excluding hydrogens is 280 g/mol. The van der Waals surface area contributed by atoms with Gasteiger partial charge in [-0.05, 0) is 32.4 Å². The Hall–Kier alpha value is -1.40. The lowest BCUT2D eigenvalue weighted by Gasteiger charge is -2.26. The molecule has 0 aromatic carbocycles. The molecule has 122 valence electrons. The van der Waals surface area contributed by atoms with Crippen molar-refractivity contribution in [2.45, 2.75) is 31.8 Å². The van der Waals surface area contributed by atoms with Gasteiger partial charge in [0, 0.05) is 31.9 Å². The number of methoxy groups -OCH3 is 1. The molecule has 6 heteroatoms. The molecule has 2 aliphatic heterocycles. The largest absolute Gasteiger partial charge is 0.481 e. The highest BCUT2D eigenvalue weighted by Crippen LogP contribution is 2.20. The van der Waals surface area contributed by atoms with Crippen LogP contribution in [0.3, 0.4) is 0 Å². The second kappa shape index (κ2) is 7.74. The molecular formula is C16H26N4O2. The number of likely N-dealkylation sites (tertiary alicyclic amines) is 1. The third kappa shape index (κ3) is 4.08. The molecule has 0 amide bonds. The van der Waals surface area contributed by atoms with E-state index in [1.54, 1.807) is 19.4 Å². The Bertz CT molecular complexity index is 465. The lowest BCUT2D eigenvalue weighted by atomic mass is 10.1. The molecule has 1 aromatic rings. The van der Waals surface area contributed by atoms with Crippen LogP contribution >= 0.6 is 0 Å². The quantitative estimate of drug-likeness (QED) is 0.795. The summed E-state index contributed by atoms with van der Waals surface area (Å²) in [6.07, 6.45) is 7.14. The van der Waals surface area contributed by atoms with Crippen molar-refractivity contribution in [3.63, 3.8) is 0 Å². The first-order chi connectivity index (χ1) is 10.8. The minimum Gasteiger partial charge on any atom is -0.481 e. The summed E-state index contributed by atoms with van der Waals surface area (Å²) < 4.78 is 11.2. The molecule has 2 fully saturated rings. The summed E-state index contributed by atoms with van der Waals surface area (Å²) in [6.45, 7) is 6.17. The summed E-state index contributed by atoms with van der Waals surface area (Å²) in [4.78, 5) is 13.4. The first kappa shape index (κ1) is 15.5. The normalized spacial score (nSPS) is 23.0. The second-order valence-corrected chi connectivity index (χ2v) is 6.03. The van der Waals surface area contributed by atoms with E-state index >= 15 is 0 Å². The van der Waals surface area contributed by atoms with Gasteiger partial charge in [0.2, 0.25) is 11.8 Å². The zero-order chi connectivity index (χ0) is 15.2. The van der Waals surface area contributed by atoms with Gasteiger partial charge in [0.15, 0.2) is 0 Å². The standard InChI is InChI=1S/C16H26N4O2/c1-21-15-5-7-17-16(18-15)20-10-6-14(13-20)22-12-11-19-8-3-2-4-9-19/h5,7,14H,2-4,6,8-13H2,1H3/t14-/m1/s1. The van der Waals surface area contributed by atoms with Gasteiger partial charge in [-0.1, -0.05) is 6.42 Å². The van der Waals surface area contributed by atoms with Crippen molar-refractivity contribution < 1.29 is 9.47 Å². The molecule has 22 heavy (non-hydrogen) atoms. The van der Waals surface area contributed by atoms with Gasteiger partial charge < -0.3 is 19.3 Å². The van der Waals surface area contributed by atoms with E-state index in [1.807, 2.05) is 0 Å². The Morgan fingerprint density at radius 3 is 2.91 bits per heavy atom. The van der Waals surface area contributed by atoms with Crippen LogP contribution in [-0.4, -0.2) is 67.4 Å². The SMILES string of the molecule is COc1ccnc(N2CC[C@@H](OCCN3CCCCC3)C2)n1. The van der Waals surface area contributed by atoms with Crippen LogP contribution in [0.15, 0.2) is 12.3 Å². The minimum atomic E-state index is 0.291. The van der Waals surface area contributed by atoms with Gasteiger partial charge >= 0.3 is 0 Å². The van der Waals surface area contributed by atoms with Gasteiger partial charge in [-0.3, -0.25) is 0 Å². The zero-order valence-electron chi connectivity index (χ0n) is 13.4. The van der Waals surface area contributed by atoms with E-state index in [0.717, 1.165) is 38.6 Å². The van der Waals surface area contributed by atoms with E-state index < -0.39 is 0 Å². The van der Waals surface area contributed by atoms with E-state index in [2.05, 4.69) is 19.8 Å². The fourth-order valence-corrected chi connectivity index (χ4v) is 3.18. The third-order valence-corrected chi connectivity index (χ3v) is 4.46. The van der Waals surface area contributed by atoms with Crippen LogP contribution in [0.5, 0.6) is 5.88 Å². The van der Waals surface area contributed by atoms with Gasteiger partial charge in [-0.2, -0.15) is 4.98 Å². The summed E-state index contributed by atoms with van der Waals surface area (Å²) >= 11 is 0. The number of anilines is 1. The van der Waals surface area contributed by atoms with E-state index in [1.165, 1.54) is 32.4 Å². The molecule has 3 heterocycles. The van der Waals surface area contributed by atoms with Crippen molar-refractivity contribution in [3.8, 4) is 5.88 Å². The minimum absolute atomic E-state index is 0.291. The van der Waals surface area contributed by atoms with Gasteiger partial charge in [0.25, 0.3) is 0 Å². The maximum Gasteiger partial charge on any atom is 0.228 e. The first-order valence-electron chi connectivity index (χ1n) is 8.31. The number of hydrogen-bond acceptors (Lipinski definition) is 6. The molecule has 3 rings (SSSR count). The predicted octanol–water partition coefficient (Wildman–Crippen LogP) is 1.57. The number of piperidine rings is 1. The van der Waals surface area contributed by atoms with Crippen molar-refractivity contribution in [1.82, 2.24) is 14.9 Å². The summed E-state index contributed by atoms with van der Waals surface area (Å²) in [5.74, 6) is 1.35. The molecule has 0 aliphatic carbocycles. The molecule has 0 saturated carbocycles. The summed E-state index contributed by atoms with van der Waals surface area (Å²) in [7, 11) is 1.63. The Balaban J connectivity index is 1.41. The van der Waals surface area contributed by atoms with E-state index in [4.69, 9.17) is 9.47 Å². The molecule has 0 radical (unpaired) electrons. The van der Waals surface area contributed by atoms with Crippen molar-refractivity contribution in [2.75, 3.05) is 51.3 Å². The Labute approximate surface area is 132 Å². The van der Waals surface area contributed by atoms with Crippen LogP contribution in [-0.2, 0) is 4.74 Å². The molecule has 0 bridgehead atoms. The highest BCUT2D eigenvalue weighted by Gasteiger charge is 2.25. The summed E-state index contributed by atoms with van der Waals surface area (Å²) in [5.41, 5.74) is 0. The van der Waals surface area contributed by atoms with E-state index in [-0.39, 0.29) is 0 Å². The predicted molar refractivity (Wildman–Crippen MR) is 85.4 cm³/mol. The number of aromatic nitrogens is 2. The average Bonchev–Trinajstić information content (AvgIpc) is 3.05. The molecule has 2 saturated heterocycles. The number of nitrogens with zero attached hydrogens (tertiary/aromatic N) is 4. The molecule has 0 spiro atoms. The van der Waals surface area contributed by atoms with Crippen molar-refractivity contribution in [3.05, 3.63) is 12.3 Å². The molecule has 1 aromatic heterocycles. The number of rotatable bonds is 6. The third-order valence-electron chi connectivity index (χ3n) is 4.46. The molecule has 1 atom stereocenters. The van der Waals surface area contributed by atoms with Crippen molar-refractivity contribution >= 4 is 5.95 Å². The molecule has 0 N–H and O–H groups in total. The first-order valence-corrected chi connectivity index (χ1v) is 8.31. The van der Waals surface area contributed by atoms with Gasteiger partial charge in [0.05, 0.1) is 19.8 Å². The highest BCUT2D eigenvalue weighted by atomic mass is 16.5. The number of hydrogen-bond donors (Lipinski definition) is 0. The fraction of sp³-hybridized carbons (Fsp3) is 0.750. The van der Waals surface area contributed by atoms with Gasteiger partial charge in [-0.25, -0.2) is 4.98 Å². The van der Waals surface area contributed by atoms with E-state index in [9.17, 15) is 0 Å². The maximum absolute atomic E-state index is 6.04. The van der Waals surface area contributed by atoms with Crippen molar-refractivity contribution in [1.29, 1.82) is 0 Å². The Kier molecular flexibility index (Phi) is 5.45. The summed E-state index contributed by atoms with van der Waals surface area (Å²) in [5, 5.41) is 0. The van der Waals surface area contributed by atoms with Gasteiger partial charge in [-0.15, -0.1) is 0 Å². The zero-order valence-corrected chi connectivity index (χ0v) is 13.4. The smallest absolute Gasteiger partial charge is 0.228 e. The Morgan fingerprint density at radius 2 is 2.09 bits per heavy atom. The van der Waals surface area contributed by atoms with E-state index in [0.29, 0.717) is 12.0 Å². The summed E-state index contributed by atoms with van der Waals surface area (Å²) in [6, 6.07) is 1.77. The molecule has 0 unspecified atom stereocenters. The maximum atomic E-state index is 6.04. The molecule has 6 nitrogen and oxygen atoms in total. The fourth-order valence-electron chi connectivity index (χ4n) is 3.18.